The Balaban J connectivity index is 0.00000182. The Morgan fingerprint density at radius 3 is 3.04 bits per heavy atom. The van der Waals surface area contributed by atoms with Crippen molar-refractivity contribution in [1.82, 2.24) is 20.4 Å². The van der Waals surface area contributed by atoms with Gasteiger partial charge in [0.25, 0.3) is 0 Å². The predicted octanol–water partition coefficient (Wildman–Crippen LogP) is 4.02. The van der Waals surface area contributed by atoms with Gasteiger partial charge in [0.2, 0.25) is 11.7 Å². The van der Waals surface area contributed by atoms with Crippen molar-refractivity contribution < 1.29 is 4.52 Å². The summed E-state index contributed by atoms with van der Waals surface area (Å²) >= 11 is 7.76. The monoisotopic (exact) mass is 396 g/mol. The molecule has 0 spiro atoms. The molecule has 1 fully saturated rings. The number of benzene rings is 1. The molecule has 0 radical (unpaired) electrons. The molecule has 1 N–H and O–H groups in total. The highest BCUT2D eigenvalue weighted by molar-refractivity contribution is 7.13. The van der Waals surface area contributed by atoms with Crippen molar-refractivity contribution in [1.29, 1.82) is 0 Å². The van der Waals surface area contributed by atoms with E-state index >= 15 is 0 Å². The molecule has 1 aromatic carbocycles. The topological polar surface area (TPSA) is 54.2 Å². The van der Waals surface area contributed by atoms with E-state index in [-0.39, 0.29) is 18.4 Å². The largest absolute Gasteiger partial charge is 0.338 e. The van der Waals surface area contributed by atoms with Crippen molar-refractivity contribution in [2.45, 2.75) is 12.6 Å². The number of aromatic nitrogens is 2. The zero-order valence-electron chi connectivity index (χ0n) is 13.4. The first-order valence-corrected chi connectivity index (χ1v) is 9.12. The number of hydrogen-bond donors (Lipinski definition) is 1. The van der Waals surface area contributed by atoms with Crippen LogP contribution in [0.2, 0.25) is 5.02 Å². The average molecular weight is 397 g/mol. The maximum Gasteiger partial charge on any atom is 0.241 e. The molecular weight excluding hydrogens is 379 g/mol. The summed E-state index contributed by atoms with van der Waals surface area (Å²) < 4.78 is 5.46. The minimum absolute atomic E-state index is 0. The summed E-state index contributed by atoms with van der Waals surface area (Å²) in [6, 6.07) is 12.3. The molecule has 25 heavy (non-hydrogen) atoms. The van der Waals surface area contributed by atoms with E-state index in [2.05, 4.69) is 26.4 Å². The lowest BCUT2D eigenvalue weighted by Crippen LogP contribution is -2.45. The first kappa shape index (κ1) is 18.4. The zero-order valence-corrected chi connectivity index (χ0v) is 15.8. The van der Waals surface area contributed by atoms with E-state index in [4.69, 9.17) is 16.1 Å². The van der Waals surface area contributed by atoms with E-state index in [1.165, 1.54) is 5.56 Å². The lowest BCUT2D eigenvalue weighted by molar-refractivity contribution is 0.135. The number of piperazine rings is 1. The van der Waals surface area contributed by atoms with E-state index in [1.807, 2.05) is 35.7 Å². The number of nitrogens with zero attached hydrogens (tertiary/aromatic N) is 3. The van der Waals surface area contributed by atoms with Gasteiger partial charge in [-0.3, -0.25) is 4.90 Å². The molecule has 1 unspecified atom stereocenters. The van der Waals surface area contributed by atoms with E-state index in [0.29, 0.717) is 18.3 Å². The molecule has 3 aromatic rings. The van der Waals surface area contributed by atoms with Gasteiger partial charge in [0.1, 0.15) is 0 Å². The number of nitrogens with one attached hydrogen (secondary N) is 1. The van der Waals surface area contributed by atoms with Crippen LogP contribution in [0, 0.1) is 0 Å². The Kier molecular flexibility index (Phi) is 6.09. The summed E-state index contributed by atoms with van der Waals surface area (Å²) in [6.45, 7) is 3.39. The van der Waals surface area contributed by atoms with Gasteiger partial charge in [-0.05, 0) is 29.1 Å². The highest BCUT2D eigenvalue weighted by Gasteiger charge is 2.25. The van der Waals surface area contributed by atoms with Crippen LogP contribution in [0.4, 0.5) is 0 Å². The normalized spacial score (nSPS) is 18.0. The summed E-state index contributed by atoms with van der Waals surface area (Å²) in [5.41, 5.74) is 1.20. The van der Waals surface area contributed by atoms with Gasteiger partial charge in [0.15, 0.2) is 0 Å². The molecule has 132 valence electrons. The van der Waals surface area contributed by atoms with Gasteiger partial charge in [-0.15, -0.1) is 23.7 Å². The molecule has 1 aliphatic rings. The lowest BCUT2D eigenvalue weighted by Gasteiger charge is -2.35. The standard InChI is InChI=1S/C17H17ClN4OS.ClH/c18-13-4-1-3-12(9-13)14-10-19-6-7-22(14)11-16-20-17(21-23-16)15-5-2-8-24-15;/h1-5,8-9,14,19H,6-7,10-11H2;1H. The first-order valence-electron chi connectivity index (χ1n) is 7.86. The van der Waals surface area contributed by atoms with Crippen LogP contribution < -0.4 is 5.32 Å². The Labute approximate surface area is 161 Å². The first-order chi connectivity index (χ1) is 11.8. The summed E-state index contributed by atoms with van der Waals surface area (Å²) in [4.78, 5) is 7.92. The van der Waals surface area contributed by atoms with Crippen molar-refractivity contribution in [3.05, 3.63) is 58.3 Å². The Morgan fingerprint density at radius 1 is 1.32 bits per heavy atom. The maximum absolute atomic E-state index is 6.15. The molecule has 1 saturated heterocycles. The van der Waals surface area contributed by atoms with Crippen molar-refractivity contribution in [2.24, 2.45) is 0 Å². The minimum Gasteiger partial charge on any atom is -0.338 e. The molecule has 8 heteroatoms. The second-order valence-electron chi connectivity index (χ2n) is 5.73. The second kappa shape index (κ2) is 8.29. The smallest absolute Gasteiger partial charge is 0.241 e. The van der Waals surface area contributed by atoms with Crippen molar-refractivity contribution >= 4 is 35.3 Å². The van der Waals surface area contributed by atoms with Crippen LogP contribution >= 0.6 is 35.3 Å². The minimum atomic E-state index is 0. The van der Waals surface area contributed by atoms with Crippen LogP contribution in [0.15, 0.2) is 46.3 Å². The van der Waals surface area contributed by atoms with E-state index in [1.54, 1.807) is 11.3 Å². The van der Waals surface area contributed by atoms with Crippen LogP contribution in [0.1, 0.15) is 17.5 Å². The third kappa shape index (κ3) is 4.22. The molecule has 4 rings (SSSR count). The number of rotatable bonds is 4. The van der Waals surface area contributed by atoms with Crippen LogP contribution in [0.5, 0.6) is 0 Å². The van der Waals surface area contributed by atoms with Gasteiger partial charge in [0.05, 0.1) is 11.4 Å². The van der Waals surface area contributed by atoms with Gasteiger partial charge in [-0.2, -0.15) is 4.98 Å². The summed E-state index contributed by atoms with van der Waals surface area (Å²) in [5.74, 6) is 1.31. The van der Waals surface area contributed by atoms with Crippen LogP contribution in [0.25, 0.3) is 10.7 Å². The Bertz CT molecular complexity index is 809. The van der Waals surface area contributed by atoms with E-state index in [9.17, 15) is 0 Å². The molecular formula is C17H18Cl2N4OS. The van der Waals surface area contributed by atoms with Crippen LogP contribution in [-0.2, 0) is 6.54 Å². The molecule has 2 aromatic heterocycles. The Morgan fingerprint density at radius 2 is 2.24 bits per heavy atom. The molecule has 0 amide bonds. The molecule has 0 aliphatic carbocycles. The predicted molar refractivity (Wildman–Crippen MR) is 102 cm³/mol. The van der Waals surface area contributed by atoms with Gasteiger partial charge in [-0.1, -0.05) is 35.0 Å². The third-order valence-corrected chi connectivity index (χ3v) is 5.24. The van der Waals surface area contributed by atoms with Gasteiger partial charge in [0, 0.05) is 30.7 Å². The average Bonchev–Trinajstić information content (AvgIpc) is 3.26. The molecule has 1 atom stereocenters. The molecule has 0 bridgehead atoms. The fourth-order valence-corrected chi connectivity index (χ4v) is 3.82. The molecule has 5 nitrogen and oxygen atoms in total. The number of halogens is 2. The quantitative estimate of drug-likeness (QED) is 0.721. The molecule has 3 heterocycles. The molecule has 1 aliphatic heterocycles. The van der Waals surface area contributed by atoms with Gasteiger partial charge in [-0.25, -0.2) is 0 Å². The second-order valence-corrected chi connectivity index (χ2v) is 7.12. The summed E-state index contributed by atoms with van der Waals surface area (Å²) in [7, 11) is 0. The molecule has 0 saturated carbocycles. The number of hydrogen-bond acceptors (Lipinski definition) is 6. The maximum atomic E-state index is 6.15. The summed E-state index contributed by atoms with van der Waals surface area (Å²) in [6.07, 6.45) is 0. The third-order valence-electron chi connectivity index (χ3n) is 4.14. The van der Waals surface area contributed by atoms with Crippen LogP contribution in [-0.4, -0.2) is 34.7 Å². The fraction of sp³-hybridized carbons (Fsp3) is 0.294. The van der Waals surface area contributed by atoms with Crippen molar-refractivity contribution in [2.75, 3.05) is 19.6 Å². The Hall–Kier alpha value is -1.44. The SMILES string of the molecule is Cl.Clc1cccc(C2CNCCN2Cc2nc(-c3cccs3)no2)c1. The zero-order chi connectivity index (χ0) is 16.4. The highest BCUT2D eigenvalue weighted by Crippen LogP contribution is 2.27. The summed E-state index contributed by atoms with van der Waals surface area (Å²) in [5, 5.41) is 10.3. The van der Waals surface area contributed by atoms with E-state index < -0.39 is 0 Å². The fourth-order valence-electron chi connectivity index (χ4n) is 2.98. The van der Waals surface area contributed by atoms with Gasteiger partial charge < -0.3 is 9.84 Å². The highest BCUT2D eigenvalue weighted by atomic mass is 35.5. The van der Waals surface area contributed by atoms with Crippen molar-refractivity contribution in [3.63, 3.8) is 0 Å². The van der Waals surface area contributed by atoms with Crippen molar-refractivity contribution in [3.8, 4) is 10.7 Å². The number of thiophene rings is 1. The van der Waals surface area contributed by atoms with E-state index in [0.717, 1.165) is 29.5 Å². The van der Waals surface area contributed by atoms with Gasteiger partial charge >= 0.3 is 0 Å². The van der Waals surface area contributed by atoms with Crippen LogP contribution in [0.3, 0.4) is 0 Å². The lowest BCUT2D eigenvalue weighted by atomic mass is 10.0.